The first-order valence-corrected chi connectivity index (χ1v) is 8.32. The maximum absolute atomic E-state index is 12.5. The Morgan fingerprint density at radius 1 is 1.20 bits per heavy atom. The van der Waals surface area contributed by atoms with Crippen LogP contribution in [-0.2, 0) is 4.79 Å². The summed E-state index contributed by atoms with van der Waals surface area (Å²) >= 11 is 0. The fraction of sp³-hybridized carbons (Fsp3) is 0.938. The van der Waals surface area contributed by atoms with Gasteiger partial charge in [-0.2, -0.15) is 0 Å². The SMILES string of the molecule is CN(CC1CC(O)C1)C(=O)C1CCC2CCCCC2N1. The van der Waals surface area contributed by atoms with Crippen LogP contribution in [0.25, 0.3) is 0 Å². The van der Waals surface area contributed by atoms with Crippen molar-refractivity contribution >= 4 is 5.91 Å². The lowest BCUT2D eigenvalue weighted by Gasteiger charge is -2.41. The van der Waals surface area contributed by atoms with E-state index in [0.29, 0.717) is 12.0 Å². The van der Waals surface area contributed by atoms with Gasteiger partial charge in [0.25, 0.3) is 0 Å². The van der Waals surface area contributed by atoms with Crippen LogP contribution in [0.4, 0.5) is 0 Å². The lowest BCUT2D eigenvalue weighted by molar-refractivity contribution is -0.135. The van der Waals surface area contributed by atoms with Crippen LogP contribution in [0.3, 0.4) is 0 Å². The Kier molecular flexibility index (Phi) is 4.32. The van der Waals surface area contributed by atoms with Crippen molar-refractivity contribution in [2.24, 2.45) is 11.8 Å². The largest absolute Gasteiger partial charge is 0.393 e. The number of hydrogen-bond donors (Lipinski definition) is 2. The highest BCUT2D eigenvalue weighted by atomic mass is 16.3. The fourth-order valence-electron chi connectivity index (χ4n) is 4.28. The lowest BCUT2D eigenvalue weighted by Crippen LogP contribution is -2.56. The molecule has 3 aliphatic rings. The molecule has 114 valence electrons. The van der Waals surface area contributed by atoms with E-state index in [2.05, 4.69) is 5.32 Å². The minimum atomic E-state index is -0.126. The molecule has 20 heavy (non-hydrogen) atoms. The first-order chi connectivity index (χ1) is 9.63. The van der Waals surface area contributed by atoms with E-state index in [4.69, 9.17) is 0 Å². The molecule has 4 nitrogen and oxygen atoms in total. The average Bonchev–Trinajstić information content (AvgIpc) is 2.44. The van der Waals surface area contributed by atoms with Crippen LogP contribution in [0, 0.1) is 11.8 Å². The Hall–Kier alpha value is -0.610. The second kappa shape index (κ2) is 6.02. The van der Waals surface area contributed by atoms with Crippen molar-refractivity contribution in [3.05, 3.63) is 0 Å². The molecular weight excluding hydrogens is 252 g/mol. The zero-order chi connectivity index (χ0) is 14.1. The van der Waals surface area contributed by atoms with Gasteiger partial charge in [-0.1, -0.05) is 12.8 Å². The monoisotopic (exact) mass is 280 g/mol. The third-order valence-corrected chi connectivity index (χ3v) is 5.57. The third-order valence-electron chi connectivity index (χ3n) is 5.57. The van der Waals surface area contributed by atoms with Crippen molar-refractivity contribution in [2.75, 3.05) is 13.6 Å². The van der Waals surface area contributed by atoms with E-state index in [-0.39, 0.29) is 18.1 Å². The first kappa shape index (κ1) is 14.3. The van der Waals surface area contributed by atoms with E-state index >= 15 is 0 Å². The summed E-state index contributed by atoms with van der Waals surface area (Å²) in [5, 5.41) is 12.9. The summed E-state index contributed by atoms with van der Waals surface area (Å²) < 4.78 is 0. The molecule has 3 atom stereocenters. The Labute approximate surface area is 121 Å². The number of aliphatic hydroxyl groups is 1. The molecule has 1 saturated heterocycles. The number of amides is 1. The number of nitrogens with one attached hydrogen (secondary N) is 1. The predicted molar refractivity (Wildman–Crippen MR) is 78.3 cm³/mol. The number of piperidine rings is 1. The van der Waals surface area contributed by atoms with Gasteiger partial charge in [0.15, 0.2) is 0 Å². The van der Waals surface area contributed by atoms with Crippen molar-refractivity contribution in [1.82, 2.24) is 10.2 Å². The maximum Gasteiger partial charge on any atom is 0.239 e. The number of fused-ring (bicyclic) bond motifs is 1. The number of likely N-dealkylation sites (N-methyl/N-ethyl adjacent to an activating group) is 1. The van der Waals surface area contributed by atoms with Crippen LogP contribution in [0.1, 0.15) is 51.4 Å². The van der Waals surface area contributed by atoms with E-state index in [1.807, 2.05) is 11.9 Å². The molecule has 3 unspecified atom stereocenters. The quantitative estimate of drug-likeness (QED) is 0.824. The molecule has 0 aromatic carbocycles. The smallest absolute Gasteiger partial charge is 0.239 e. The molecule has 2 N–H and O–H groups in total. The van der Waals surface area contributed by atoms with Gasteiger partial charge in [-0.25, -0.2) is 0 Å². The molecule has 1 heterocycles. The normalized spacial score (nSPS) is 40.6. The van der Waals surface area contributed by atoms with Gasteiger partial charge in [0, 0.05) is 19.6 Å². The summed E-state index contributed by atoms with van der Waals surface area (Å²) in [7, 11) is 1.92. The molecule has 3 fully saturated rings. The Balaban J connectivity index is 1.49. The third kappa shape index (κ3) is 3.01. The van der Waals surface area contributed by atoms with Crippen LogP contribution in [0.5, 0.6) is 0 Å². The molecule has 0 aromatic heterocycles. The molecule has 2 aliphatic carbocycles. The molecule has 2 saturated carbocycles. The molecule has 0 aromatic rings. The second-order valence-electron chi connectivity index (χ2n) is 7.16. The number of nitrogens with zero attached hydrogens (tertiary/aromatic N) is 1. The number of carbonyl (C=O) groups is 1. The maximum atomic E-state index is 12.5. The van der Waals surface area contributed by atoms with E-state index in [1.165, 1.54) is 32.1 Å². The molecule has 1 aliphatic heterocycles. The van der Waals surface area contributed by atoms with E-state index in [9.17, 15) is 9.90 Å². The van der Waals surface area contributed by atoms with Crippen molar-refractivity contribution < 1.29 is 9.90 Å². The van der Waals surface area contributed by atoms with Gasteiger partial charge in [0.2, 0.25) is 5.91 Å². The highest BCUT2D eigenvalue weighted by Gasteiger charge is 2.36. The van der Waals surface area contributed by atoms with Crippen LogP contribution < -0.4 is 5.32 Å². The van der Waals surface area contributed by atoms with Gasteiger partial charge in [-0.3, -0.25) is 4.79 Å². The summed E-state index contributed by atoms with van der Waals surface area (Å²) in [6.45, 7) is 0.808. The number of rotatable bonds is 3. The fourth-order valence-corrected chi connectivity index (χ4v) is 4.28. The van der Waals surface area contributed by atoms with Gasteiger partial charge in [0.1, 0.15) is 0 Å². The van der Waals surface area contributed by atoms with Gasteiger partial charge in [0.05, 0.1) is 12.1 Å². The Bertz CT molecular complexity index is 354. The lowest BCUT2D eigenvalue weighted by atomic mass is 9.77. The zero-order valence-electron chi connectivity index (χ0n) is 12.6. The van der Waals surface area contributed by atoms with Gasteiger partial charge in [-0.05, 0) is 50.4 Å². The van der Waals surface area contributed by atoms with Crippen molar-refractivity contribution in [2.45, 2.75) is 69.6 Å². The molecule has 0 spiro atoms. The highest BCUT2D eigenvalue weighted by molar-refractivity contribution is 5.81. The number of aliphatic hydroxyl groups excluding tert-OH is 1. The molecule has 4 heteroatoms. The van der Waals surface area contributed by atoms with Crippen molar-refractivity contribution in [3.63, 3.8) is 0 Å². The molecule has 3 rings (SSSR count). The zero-order valence-corrected chi connectivity index (χ0v) is 12.6. The summed E-state index contributed by atoms with van der Waals surface area (Å²) in [4.78, 5) is 14.4. The van der Waals surface area contributed by atoms with E-state index in [0.717, 1.165) is 31.7 Å². The second-order valence-corrected chi connectivity index (χ2v) is 7.16. The molecular formula is C16H28N2O2. The first-order valence-electron chi connectivity index (χ1n) is 8.32. The summed E-state index contributed by atoms with van der Waals surface area (Å²) in [5.41, 5.74) is 0. The summed E-state index contributed by atoms with van der Waals surface area (Å²) in [6.07, 6.45) is 9.07. The molecule has 0 bridgehead atoms. The highest BCUT2D eigenvalue weighted by Crippen LogP contribution is 2.33. The van der Waals surface area contributed by atoms with Crippen LogP contribution >= 0.6 is 0 Å². The Morgan fingerprint density at radius 3 is 2.70 bits per heavy atom. The van der Waals surface area contributed by atoms with Crippen LogP contribution in [-0.4, -0.2) is 47.7 Å². The predicted octanol–water partition coefficient (Wildman–Crippen LogP) is 1.53. The van der Waals surface area contributed by atoms with E-state index < -0.39 is 0 Å². The molecule has 1 amide bonds. The number of hydrogen-bond acceptors (Lipinski definition) is 3. The van der Waals surface area contributed by atoms with Crippen molar-refractivity contribution in [3.8, 4) is 0 Å². The minimum Gasteiger partial charge on any atom is -0.393 e. The summed E-state index contributed by atoms with van der Waals surface area (Å²) in [5.74, 6) is 1.57. The van der Waals surface area contributed by atoms with Gasteiger partial charge >= 0.3 is 0 Å². The number of carbonyl (C=O) groups excluding carboxylic acids is 1. The van der Waals surface area contributed by atoms with Crippen molar-refractivity contribution in [1.29, 1.82) is 0 Å². The minimum absolute atomic E-state index is 0.0318. The average molecular weight is 280 g/mol. The summed E-state index contributed by atoms with van der Waals surface area (Å²) in [6, 6.07) is 0.606. The van der Waals surface area contributed by atoms with Gasteiger partial charge < -0.3 is 15.3 Å². The molecule has 0 radical (unpaired) electrons. The van der Waals surface area contributed by atoms with Crippen LogP contribution in [0.2, 0.25) is 0 Å². The van der Waals surface area contributed by atoms with E-state index in [1.54, 1.807) is 0 Å². The standard InChI is InChI=1S/C16H28N2O2/c1-18(10-11-8-13(19)9-11)16(20)15-7-6-12-4-2-3-5-14(12)17-15/h11-15,17,19H,2-10H2,1H3. The topological polar surface area (TPSA) is 52.6 Å². The van der Waals surface area contributed by atoms with Gasteiger partial charge in [-0.15, -0.1) is 0 Å². The van der Waals surface area contributed by atoms with Crippen LogP contribution in [0.15, 0.2) is 0 Å². The Morgan fingerprint density at radius 2 is 1.95 bits per heavy atom.